The first-order valence-corrected chi connectivity index (χ1v) is 18.0. The van der Waals surface area contributed by atoms with Gasteiger partial charge in [-0.05, 0) is 111 Å². The van der Waals surface area contributed by atoms with E-state index < -0.39 is 75.8 Å². The second-order valence-corrected chi connectivity index (χ2v) is 13.0. The standard InChI is InChI=1S/C23H29N3O.C22H29N3O2/c1-18-10-11-20-16-22(13-12-19(20)15-18)27-14-6-5-9-23-25-24-17-26(23)21-7-3-2-4-8-21;26-20-11-9-18-15-21(12-10-17(18)14-20)27-13-5-4-8-22-24-23-16-25(22)19-6-2-1-3-7-19/h10-13,16-17,21H,1-9,14-15H2;10,12,15-16,19H,1-9,11,13-14H2/i2D2,3D2,4D2,7D2,8D2,21D;1D2,2D2,3D2,6D2,7D2,19D. The molecule has 4 aromatic rings. The van der Waals surface area contributed by atoms with Crippen molar-refractivity contribution in [3.8, 4) is 11.5 Å². The summed E-state index contributed by atoms with van der Waals surface area (Å²) in [6.07, 6.45) is -25.4. The Kier molecular flexibility index (Phi) is 6.88. The molecular weight excluding hydrogens is 673 g/mol. The lowest BCUT2D eigenvalue weighted by molar-refractivity contribution is -0.118. The number of carbonyl (C=O) groups excluding carboxylic acids is 1. The molecule has 8 rings (SSSR count). The Hall–Kier alpha value is -4.53. The summed E-state index contributed by atoms with van der Waals surface area (Å²) >= 11 is 0. The van der Waals surface area contributed by atoms with Gasteiger partial charge in [-0.25, -0.2) is 0 Å². The Morgan fingerprint density at radius 2 is 1.26 bits per heavy atom. The van der Waals surface area contributed by atoms with E-state index in [4.69, 9.17) is 39.6 Å². The van der Waals surface area contributed by atoms with Gasteiger partial charge in [0.05, 0.1) is 16.0 Å². The maximum atomic E-state index is 11.6. The van der Waals surface area contributed by atoms with Crippen LogP contribution in [0.4, 0.5) is 0 Å². The molecule has 2 fully saturated rings. The van der Waals surface area contributed by atoms with E-state index in [-0.39, 0.29) is 30.3 Å². The highest BCUT2D eigenvalue weighted by Gasteiger charge is 2.20. The van der Waals surface area contributed by atoms with Gasteiger partial charge in [0.25, 0.3) is 0 Å². The van der Waals surface area contributed by atoms with Crippen molar-refractivity contribution in [1.82, 2.24) is 29.5 Å². The molecule has 0 bridgehead atoms. The number of benzene rings is 2. The van der Waals surface area contributed by atoms with Crippen LogP contribution in [-0.2, 0) is 36.9 Å². The minimum absolute atomic E-state index is 0.0408. The Morgan fingerprint density at radius 3 is 1.87 bits per heavy atom. The predicted octanol–water partition coefficient (Wildman–Crippen LogP) is 9.55. The van der Waals surface area contributed by atoms with Gasteiger partial charge in [0.15, 0.2) is 0 Å². The lowest BCUT2D eigenvalue weighted by Crippen LogP contribution is -2.15. The van der Waals surface area contributed by atoms with Crippen molar-refractivity contribution in [2.75, 3.05) is 13.2 Å². The van der Waals surface area contributed by atoms with Crippen LogP contribution < -0.4 is 9.47 Å². The molecule has 2 saturated carbocycles. The van der Waals surface area contributed by atoms with E-state index in [2.05, 4.69) is 27.0 Å². The van der Waals surface area contributed by atoms with Crippen LogP contribution in [0.15, 0.2) is 67.3 Å². The minimum Gasteiger partial charge on any atom is -0.494 e. The fourth-order valence-corrected chi connectivity index (χ4v) is 6.27. The van der Waals surface area contributed by atoms with Crippen LogP contribution in [0.5, 0.6) is 11.5 Å². The van der Waals surface area contributed by atoms with E-state index in [0.29, 0.717) is 78.8 Å². The van der Waals surface area contributed by atoms with Gasteiger partial charge in [0.1, 0.15) is 41.6 Å². The molecule has 54 heavy (non-hydrogen) atoms. The SMILES string of the molecule is [2H]C1([2H])C([2H])([2H])C([2H])([2H])C([2H])(n2cnnc2CCCCOc2ccc3c(c2)C=CC(=C)C3)C([2H])([2H])C1([2H])[2H].[2H]C1([2H])C([2H])([2H])C([2H])([2H])C([2H])(n2cnnc2CCCCOc2ccc3c(c2)CCC(=O)C3)C([2H])([2H])C1([2H])[2H]. The maximum absolute atomic E-state index is 11.6. The number of hydrogen-bond acceptors (Lipinski definition) is 7. The normalized spacial score (nSPS) is 33.9. The third-order valence-corrected chi connectivity index (χ3v) is 9.09. The number of allylic oxidation sites excluding steroid dienone is 2. The molecule has 9 nitrogen and oxygen atoms in total. The second kappa shape index (κ2) is 19.2. The molecule has 4 aliphatic rings. The van der Waals surface area contributed by atoms with E-state index in [1.165, 1.54) is 0 Å². The van der Waals surface area contributed by atoms with Crippen LogP contribution in [0.2, 0.25) is 0 Å². The van der Waals surface area contributed by atoms with Crippen molar-refractivity contribution < 1.29 is 44.4 Å². The summed E-state index contributed by atoms with van der Waals surface area (Å²) in [7, 11) is 0. The number of ether oxygens (including phenoxy) is 2. The number of rotatable bonds is 14. The van der Waals surface area contributed by atoms with Gasteiger partial charge in [0, 0.05) is 65.1 Å². The van der Waals surface area contributed by atoms with Gasteiger partial charge in [-0.15, -0.1) is 20.4 Å². The van der Waals surface area contributed by atoms with E-state index in [9.17, 15) is 4.79 Å². The fraction of sp³-hybridized carbons (Fsp3) is 0.533. The topological polar surface area (TPSA) is 97.0 Å². The number of ketones is 1. The third kappa shape index (κ3) is 10.4. The Bertz CT molecular complexity index is 2820. The zero-order chi connectivity index (χ0) is 56.7. The molecule has 0 unspecified atom stereocenters. The van der Waals surface area contributed by atoms with Crippen molar-refractivity contribution >= 4 is 11.9 Å². The van der Waals surface area contributed by atoms with E-state index in [1.807, 2.05) is 42.5 Å². The number of unbranched alkanes of at least 4 members (excludes halogenated alkanes) is 2. The molecule has 2 heterocycles. The number of fused-ring (bicyclic) bond motifs is 2. The molecule has 0 N–H and O–H groups in total. The molecule has 286 valence electrons. The molecule has 2 aromatic carbocycles. The number of hydrogen-bond donors (Lipinski definition) is 0. The average molecular weight is 753 g/mol. The summed E-state index contributed by atoms with van der Waals surface area (Å²) in [5, 5.41) is 15.1. The summed E-state index contributed by atoms with van der Waals surface area (Å²) in [6, 6.07) is 4.87. The van der Waals surface area contributed by atoms with Crippen molar-refractivity contribution in [3.63, 3.8) is 0 Å². The molecule has 0 saturated heterocycles. The molecular formula is C45H58N6O3. The lowest BCUT2D eigenvalue weighted by atomic mass is 9.91. The first kappa shape index (κ1) is 19.4. The molecule has 0 amide bonds. The first-order valence-electron chi connectivity index (χ1n) is 29.0. The molecule has 9 heteroatoms. The Morgan fingerprint density at radius 1 is 0.685 bits per heavy atom. The van der Waals surface area contributed by atoms with Crippen LogP contribution in [0.1, 0.15) is 172 Å². The molecule has 2 aromatic heterocycles. The smallest absolute Gasteiger partial charge is 0.137 e. The summed E-state index contributed by atoms with van der Waals surface area (Å²) in [4.78, 5) is 11.6. The maximum Gasteiger partial charge on any atom is 0.137 e. The van der Waals surface area contributed by atoms with E-state index >= 15 is 0 Å². The fourth-order valence-electron chi connectivity index (χ4n) is 6.27. The highest BCUT2D eigenvalue weighted by molar-refractivity contribution is 5.83. The number of carbonyl (C=O) groups is 1. The van der Waals surface area contributed by atoms with Crippen molar-refractivity contribution in [2.24, 2.45) is 0 Å². The largest absolute Gasteiger partial charge is 0.494 e. The van der Waals surface area contributed by atoms with Gasteiger partial charge >= 0.3 is 0 Å². The van der Waals surface area contributed by atoms with Crippen LogP contribution in [0.25, 0.3) is 6.08 Å². The predicted molar refractivity (Wildman–Crippen MR) is 213 cm³/mol. The highest BCUT2D eigenvalue weighted by Crippen LogP contribution is 2.31. The highest BCUT2D eigenvalue weighted by atomic mass is 16.5. The van der Waals surface area contributed by atoms with Gasteiger partial charge < -0.3 is 18.6 Å². The van der Waals surface area contributed by atoms with Crippen LogP contribution in [-0.4, -0.2) is 48.5 Å². The number of aromatic nitrogens is 6. The zero-order valence-corrected chi connectivity index (χ0v) is 29.9. The van der Waals surface area contributed by atoms with Gasteiger partial charge in [-0.3, -0.25) is 4.79 Å². The Balaban J connectivity index is 0.000000221. The molecule has 0 spiro atoms. The average Bonchev–Trinajstić information content (AvgIpc) is 4.02. The van der Waals surface area contributed by atoms with Crippen molar-refractivity contribution in [3.05, 3.63) is 101 Å². The molecule has 0 radical (unpaired) electrons. The van der Waals surface area contributed by atoms with Crippen molar-refractivity contribution in [1.29, 1.82) is 0 Å². The zero-order valence-electron chi connectivity index (χ0n) is 51.9. The summed E-state index contributed by atoms with van der Waals surface area (Å²) in [5.41, 5.74) is 5.34. The summed E-state index contributed by atoms with van der Waals surface area (Å²) in [5.74, 6) is 1.47. The van der Waals surface area contributed by atoms with Gasteiger partial charge in [-0.2, -0.15) is 0 Å². The van der Waals surface area contributed by atoms with Gasteiger partial charge in [-0.1, -0.05) is 74.7 Å². The monoisotopic (exact) mass is 753 g/mol. The summed E-state index contributed by atoms with van der Waals surface area (Å²) in [6.45, 7) is 4.61. The molecule has 0 aliphatic heterocycles. The number of nitrogens with zero attached hydrogens (tertiary/aromatic N) is 6. The third-order valence-electron chi connectivity index (χ3n) is 9.09. The number of Topliss-reactive ketones (excluding diaryl/α,β-unsaturated/α-hetero) is 1. The quantitative estimate of drug-likeness (QED) is 0.118. The summed E-state index contributed by atoms with van der Waals surface area (Å²) < 4.78 is 195. The minimum atomic E-state index is -3.59. The lowest BCUT2D eigenvalue weighted by Gasteiger charge is -2.24. The van der Waals surface area contributed by atoms with Crippen LogP contribution in [0, 0.1) is 0 Å². The first-order chi connectivity index (χ1) is 34.9. The second-order valence-electron chi connectivity index (χ2n) is 13.0. The van der Waals surface area contributed by atoms with E-state index in [0.717, 1.165) is 46.9 Å². The Labute approximate surface area is 352 Å². The molecule has 4 aliphatic carbocycles. The van der Waals surface area contributed by atoms with E-state index in [1.54, 1.807) is 6.07 Å². The van der Waals surface area contributed by atoms with Crippen molar-refractivity contribution in [2.45, 2.75) is 140 Å². The molecule has 0 atom stereocenters. The van der Waals surface area contributed by atoms with Crippen LogP contribution >= 0.6 is 0 Å². The van der Waals surface area contributed by atoms with Crippen LogP contribution in [0.3, 0.4) is 0 Å². The van der Waals surface area contributed by atoms with Gasteiger partial charge in [0.2, 0.25) is 0 Å². The number of aryl methyl sites for hydroxylation is 3.